The molecule has 0 radical (unpaired) electrons. The van der Waals surface area contributed by atoms with Crippen LogP contribution in [-0.2, 0) is 9.53 Å². The minimum absolute atomic E-state index is 0.0770. The smallest absolute Gasteiger partial charge is 0.309 e. The molecule has 0 saturated carbocycles. The van der Waals surface area contributed by atoms with Gasteiger partial charge in [0.15, 0.2) is 0 Å². The Kier molecular flexibility index (Phi) is 5.94. The van der Waals surface area contributed by atoms with E-state index < -0.39 is 0 Å². The Balaban J connectivity index is 1.84. The van der Waals surface area contributed by atoms with E-state index in [9.17, 15) is 4.79 Å². The molecule has 1 saturated heterocycles. The zero-order valence-corrected chi connectivity index (χ0v) is 16.1. The molecule has 0 unspecified atom stereocenters. The number of nitrogens with zero attached hydrogens (tertiary/aromatic N) is 4. The maximum absolute atomic E-state index is 12.0. The summed E-state index contributed by atoms with van der Waals surface area (Å²) in [5.74, 6) is 7.38. The van der Waals surface area contributed by atoms with Crippen molar-refractivity contribution in [3.63, 3.8) is 0 Å². The molecule has 3 rings (SSSR count). The summed E-state index contributed by atoms with van der Waals surface area (Å²) in [4.78, 5) is 26.8. The third-order valence-corrected chi connectivity index (χ3v) is 4.62. The number of nitrogen functional groups attached to an aromatic ring is 2. The van der Waals surface area contributed by atoms with E-state index in [1.165, 1.54) is 0 Å². The van der Waals surface area contributed by atoms with E-state index in [1.54, 1.807) is 12.3 Å². The lowest BCUT2D eigenvalue weighted by Crippen LogP contribution is -2.38. The summed E-state index contributed by atoms with van der Waals surface area (Å²) in [6.45, 7) is 5.44. The second-order valence-corrected chi connectivity index (χ2v) is 6.60. The Morgan fingerprint density at radius 3 is 2.64 bits per heavy atom. The summed E-state index contributed by atoms with van der Waals surface area (Å²) in [6.07, 6.45) is 3.04. The van der Waals surface area contributed by atoms with Crippen molar-refractivity contribution < 1.29 is 9.53 Å². The minimum Gasteiger partial charge on any atom is -0.466 e. The Labute approximate surface area is 164 Å². The van der Waals surface area contributed by atoms with E-state index >= 15 is 0 Å². The van der Waals surface area contributed by atoms with Crippen LogP contribution in [0.2, 0.25) is 0 Å². The average molecular weight is 380 g/mol. The number of piperidine rings is 1. The van der Waals surface area contributed by atoms with Crippen LogP contribution in [0.25, 0.3) is 0 Å². The van der Waals surface area contributed by atoms with E-state index in [0.29, 0.717) is 49.9 Å². The minimum atomic E-state index is -0.128. The largest absolute Gasteiger partial charge is 0.466 e. The molecule has 8 heteroatoms. The molecular formula is C20H24N6O2. The molecule has 4 N–H and O–H groups in total. The third kappa shape index (κ3) is 4.49. The number of hydrogen-bond donors (Lipinski definition) is 2. The topological polar surface area (TPSA) is 120 Å². The molecule has 1 aliphatic rings. The van der Waals surface area contributed by atoms with Crippen LogP contribution in [0.5, 0.6) is 0 Å². The van der Waals surface area contributed by atoms with E-state index in [-0.39, 0.29) is 17.8 Å². The quantitative estimate of drug-likeness (QED) is 0.607. The van der Waals surface area contributed by atoms with Crippen molar-refractivity contribution in [3.8, 4) is 11.8 Å². The molecule has 0 amide bonds. The van der Waals surface area contributed by atoms with E-state index in [4.69, 9.17) is 16.2 Å². The summed E-state index contributed by atoms with van der Waals surface area (Å²) < 4.78 is 5.14. The van der Waals surface area contributed by atoms with Gasteiger partial charge in [0, 0.05) is 24.8 Å². The van der Waals surface area contributed by atoms with Crippen molar-refractivity contribution in [1.82, 2.24) is 15.0 Å². The lowest BCUT2D eigenvalue weighted by atomic mass is 9.96. The Morgan fingerprint density at radius 2 is 2.00 bits per heavy atom. The maximum Gasteiger partial charge on any atom is 0.309 e. The molecule has 8 nitrogen and oxygen atoms in total. The number of pyridine rings is 1. The van der Waals surface area contributed by atoms with Gasteiger partial charge in [-0.15, -0.1) is 0 Å². The highest BCUT2D eigenvalue weighted by Crippen LogP contribution is 2.27. The first kappa shape index (κ1) is 19.4. The number of ether oxygens (including phenoxy) is 1. The number of nitrogens with two attached hydrogens (primary N) is 2. The van der Waals surface area contributed by atoms with Crippen LogP contribution in [0.1, 0.15) is 36.6 Å². The van der Waals surface area contributed by atoms with Crippen molar-refractivity contribution in [3.05, 3.63) is 35.2 Å². The number of aromatic nitrogens is 3. The fraction of sp³-hybridized carbons (Fsp3) is 0.400. The van der Waals surface area contributed by atoms with Gasteiger partial charge in [-0.1, -0.05) is 11.8 Å². The molecule has 0 spiro atoms. The van der Waals surface area contributed by atoms with Gasteiger partial charge in [0.25, 0.3) is 0 Å². The van der Waals surface area contributed by atoms with Gasteiger partial charge in [-0.25, -0.2) is 9.97 Å². The van der Waals surface area contributed by atoms with Gasteiger partial charge < -0.3 is 21.1 Å². The molecular weight excluding hydrogens is 356 g/mol. The predicted molar refractivity (Wildman–Crippen MR) is 107 cm³/mol. The molecule has 0 aromatic carbocycles. The molecule has 1 aliphatic heterocycles. The van der Waals surface area contributed by atoms with Gasteiger partial charge in [0.1, 0.15) is 11.6 Å². The van der Waals surface area contributed by atoms with Crippen LogP contribution in [0.15, 0.2) is 18.3 Å². The van der Waals surface area contributed by atoms with Gasteiger partial charge >= 0.3 is 5.97 Å². The summed E-state index contributed by atoms with van der Waals surface area (Å²) in [5, 5.41) is 0. The number of aryl methyl sites for hydroxylation is 1. The SMILES string of the molecule is CCOC(=O)C1CCN(c2nc(N)nc(C)c2C#Cc2ccc(N)nc2)CC1. The number of esters is 1. The van der Waals surface area contributed by atoms with Gasteiger partial charge in [-0.2, -0.15) is 4.98 Å². The maximum atomic E-state index is 12.0. The molecule has 0 aliphatic carbocycles. The highest BCUT2D eigenvalue weighted by atomic mass is 16.5. The number of rotatable bonds is 3. The van der Waals surface area contributed by atoms with Crippen LogP contribution in [-0.4, -0.2) is 40.6 Å². The van der Waals surface area contributed by atoms with Crippen molar-refractivity contribution in [2.24, 2.45) is 5.92 Å². The molecule has 3 heterocycles. The second kappa shape index (κ2) is 8.57. The van der Waals surface area contributed by atoms with E-state index in [2.05, 4.69) is 31.7 Å². The van der Waals surface area contributed by atoms with Crippen LogP contribution >= 0.6 is 0 Å². The van der Waals surface area contributed by atoms with Gasteiger partial charge in [0.2, 0.25) is 5.95 Å². The van der Waals surface area contributed by atoms with Crippen molar-refractivity contribution in [2.75, 3.05) is 36.1 Å². The fourth-order valence-electron chi connectivity index (χ4n) is 3.16. The van der Waals surface area contributed by atoms with Crippen LogP contribution in [0.3, 0.4) is 0 Å². The predicted octanol–water partition coefficient (Wildman–Crippen LogP) is 1.52. The van der Waals surface area contributed by atoms with Gasteiger partial charge in [-0.05, 0) is 38.8 Å². The first-order valence-electron chi connectivity index (χ1n) is 9.27. The van der Waals surface area contributed by atoms with Crippen molar-refractivity contribution in [2.45, 2.75) is 26.7 Å². The number of carbonyl (C=O) groups is 1. The van der Waals surface area contributed by atoms with Crippen LogP contribution in [0.4, 0.5) is 17.6 Å². The van der Waals surface area contributed by atoms with E-state index in [1.807, 2.05) is 19.9 Å². The Hall–Kier alpha value is -3.34. The molecule has 1 fully saturated rings. The number of hydrogen-bond acceptors (Lipinski definition) is 8. The highest BCUT2D eigenvalue weighted by Gasteiger charge is 2.28. The lowest BCUT2D eigenvalue weighted by molar-refractivity contribution is -0.148. The summed E-state index contributed by atoms with van der Waals surface area (Å²) in [6, 6.07) is 3.52. The lowest BCUT2D eigenvalue weighted by Gasteiger charge is -2.32. The highest BCUT2D eigenvalue weighted by molar-refractivity contribution is 5.73. The zero-order chi connectivity index (χ0) is 20.1. The Morgan fingerprint density at radius 1 is 1.25 bits per heavy atom. The number of carbonyl (C=O) groups excluding carboxylic acids is 1. The van der Waals surface area contributed by atoms with Crippen LogP contribution in [0, 0.1) is 24.7 Å². The normalized spacial score (nSPS) is 14.3. The first-order valence-corrected chi connectivity index (χ1v) is 9.27. The average Bonchev–Trinajstić information content (AvgIpc) is 2.68. The molecule has 2 aromatic rings. The first-order chi connectivity index (χ1) is 13.5. The number of anilines is 3. The van der Waals surface area contributed by atoms with Gasteiger partial charge in [-0.3, -0.25) is 4.79 Å². The molecule has 0 bridgehead atoms. The van der Waals surface area contributed by atoms with Gasteiger partial charge in [0.05, 0.1) is 23.8 Å². The van der Waals surface area contributed by atoms with Crippen LogP contribution < -0.4 is 16.4 Å². The van der Waals surface area contributed by atoms with E-state index in [0.717, 1.165) is 11.1 Å². The standard InChI is InChI=1S/C20H24N6O2/c1-3-28-19(27)15-8-10-26(11-9-15)18-16(13(2)24-20(22)25-18)6-4-14-5-7-17(21)23-12-14/h5,7,12,15H,3,8-11H2,1-2H3,(H2,21,23)(H2,22,24,25). The molecule has 0 atom stereocenters. The molecule has 146 valence electrons. The van der Waals surface area contributed by atoms with Crippen molar-refractivity contribution >= 4 is 23.6 Å². The second-order valence-electron chi connectivity index (χ2n) is 6.60. The summed E-state index contributed by atoms with van der Waals surface area (Å²) >= 11 is 0. The Bertz CT molecular complexity index is 909. The molecule has 2 aromatic heterocycles. The summed E-state index contributed by atoms with van der Waals surface area (Å²) in [7, 11) is 0. The zero-order valence-electron chi connectivity index (χ0n) is 16.1. The van der Waals surface area contributed by atoms with Crippen molar-refractivity contribution in [1.29, 1.82) is 0 Å². The summed E-state index contributed by atoms with van der Waals surface area (Å²) in [5.41, 5.74) is 13.7. The third-order valence-electron chi connectivity index (χ3n) is 4.62. The molecule has 28 heavy (non-hydrogen) atoms. The fourth-order valence-corrected chi connectivity index (χ4v) is 3.16. The monoisotopic (exact) mass is 380 g/mol.